The van der Waals surface area contributed by atoms with Crippen molar-refractivity contribution in [2.24, 2.45) is 0 Å². The fourth-order valence-electron chi connectivity index (χ4n) is 2.93. The number of amides is 1. The minimum absolute atomic E-state index is 0.112. The van der Waals surface area contributed by atoms with Gasteiger partial charge in [0.05, 0.1) is 0 Å². The van der Waals surface area contributed by atoms with Crippen molar-refractivity contribution in [1.82, 2.24) is 24.7 Å². The van der Waals surface area contributed by atoms with E-state index < -0.39 is 0 Å². The van der Waals surface area contributed by atoms with E-state index in [1.165, 1.54) is 5.56 Å². The van der Waals surface area contributed by atoms with Crippen LogP contribution >= 0.6 is 0 Å². The molecule has 0 spiro atoms. The zero-order valence-electron chi connectivity index (χ0n) is 13.4. The molecule has 122 valence electrons. The van der Waals surface area contributed by atoms with Crippen LogP contribution in [0.2, 0.25) is 0 Å². The smallest absolute Gasteiger partial charge is 0.245 e. The Kier molecular flexibility index (Phi) is 3.60. The van der Waals surface area contributed by atoms with Gasteiger partial charge in [0.25, 0.3) is 0 Å². The van der Waals surface area contributed by atoms with E-state index >= 15 is 0 Å². The number of nitrogens with zero attached hydrogens (tertiary/aromatic N) is 5. The minimum Gasteiger partial charge on any atom is -0.357 e. The van der Waals surface area contributed by atoms with Crippen molar-refractivity contribution >= 4 is 17.4 Å². The molecule has 1 aliphatic rings. The minimum atomic E-state index is -0.239. The van der Waals surface area contributed by atoms with Gasteiger partial charge in [0.2, 0.25) is 5.91 Å². The Hall–Kier alpha value is -2.96. The second kappa shape index (κ2) is 5.92. The van der Waals surface area contributed by atoms with Crippen molar-refractivity contribution in [3.8, 4) is 0 Å². The molecule has 0 bridgehead atoms. The quantitative estimate of drug-likeness (QED) is 0.790. The third-order valence-electron chi connectivity index (χ3n) is 4.28. The predicted octanol–water partition coefficient (Wildman–Crippen LogP) is 1.65. The predicted molar refractivity (Wildman–Crippen MR) is 89.4 cm³/mol. The first-order chi connectivity index (χ1) is 11.7. The summed E-state index contributed by atoms with van der Waals surface area (Å²) in [4.78, 5) is 14.5. The zero-order chi connectivity index (χ0) is 16.5. The van der Waals surface area contributed by atoms with Gasteiger partial charge in [0.15, 0.2) is 5.65 Å². The van der Waals surface area contributed by atoms with Crippen LogP contribution in [0.15, 0.2) is 42.7 Å². The maximum atomic E-state index is 12.6. The summed E-state index contributed by atoms with van der Waals surface area (Å²) < 4.78 is 1.59. The van der Waals surface area contributed by atoms with Gasteiger partial charge >= 0.3 is 0 Å². The number of benzene rings is 1. The van der Waals surface area contributed by atoms with Gasteiger partial charge in [-0.05, 0) is 31.0 Å². The Morgan fingerprint density at radius 3 is 2.88 bits per heavy atom. The summed E-state index contributed by atoms with van der Waals surface area (Å²) >= 11 is 0. The molecule has 3 aromatic rings. The second-order valence-corrected chi connectivity index (χ2v) is 6.08. The molecule has 1 saturated heterocycles. The van der Waals surface area contributed by atoms with Gasteiger partial charge in [-0.25, -0.2) is 0 Å². The van der Waals surface area contributed by atoms with Gasteiger partial charge in [0, 0.05) is 13.1 Å². The molecular weight excluding hydrogens is 304 g/mol. The summed E-state index contributed by atoms with van der Waals surface area (Å²) in [5.74, 6) is 0.763. The van der Waals surface area contributed by atoms with E-state index in [0.717, 1.165) is 18.5 Å². The van der Waals surface area contributed by atoms with E-state index in [9.17, 15) is 4.79 Å². The lowest BCUT2D eigenvalue weighted by atomic mass is 10.1. The largest absolute Gasteiger partial charge is 0.357 e. The van der Waals surface area contributed by atoms with E-state index in [2.05, 4.69) is 51.8 Å². The molecule has 7 heteroatoms. The molecule has 1 aromatic carbocycles. The van der Waals surface area contributed by atoms with Crippen molar-refractivity contribution in [2.75, 3.05) is 11.9 Å². The lowest BCUT2D eigenvalue weighted by molar-refractivity contribution is -0.128. The lowest BCUT2D eigenvalue weighted by Crippen LogP contribution is -2.33. The second-order valence-electron chi connectivity index (χ2n) is 6.08. The highest BCUT2D eigenvalue weighted by atomic mass is 16.2. The molecule has 1 N–H and O–H groups in total. The molecule has 1 amide bonds. The van der Waals surface area contributed by atoms with E-state index in [-0.39, 0.29) is 11.9 Å². The Morgan fingerprint density at radius 1 is 1.21 bits per heavy atom. The maximum Gasteiger partial charge on any atom is 0.245 e. The highest BCUT2D eigenvalue weighted by Crippen LogP contribution is 2.18. The van der Waals surface area contributed by atoms with E-state index in [4.69, 9.17) is 0 Å². The average Bonchev–Trinajstić information content (AvgIpc) is 3.18. The van der Waals surface area contributed by atoms with Crippen LogP contribution in [0.25, 0.3) is 5.65 Å². The van der Waals surface area contributed by atoms with Crippen LogP contribution in [0.4, 0.5) is 5.82 Å². The number of carbonyl (C=O) groups is 1. The fourth-order valence-corrected chi connectivity index (χ4v) is 2.93. The van der Waals surface area contributed by atoms with Crippen LogP contribution in [-0.4, -0.2) is 43.2 Å². The molecule has 0 unspecified atom stereocenters. The number of aromatic nitrogens is 4. The molecule has 1 fully saturated rings. The monoisotopic (exact) mass is 322 g/mol. The molecule has 1 aliphatic heterocycles. The van der Waals surface area contributed by atoms with Crippen molar-refractivity contribution < 1.29 is 4.79 Å². The third-order valence-corrected chi connectivity index (χ3v) is 4.28. The number of fused-ring (bicyclic) bond motifs is 1. The summed E-state index contributed by atoms with van der Waals surface area (Å²) in [7, 11) is 0. The van der Waals surface area contributed by atoms with Gasteiger partial charge < -0.3 is 10.2 Å². The number of likely N-dealkylation sites (tertiary alicyclic amines) is 1. The van der Waals surface area contributed by atoms with Crippen LogP contribution in [0.5, 0.6) is 0 Å². The van der Waals surface area contributed by atoms with E-state index in [0.29, 0.717) is 18.0 Å². The van der Waals surface area contributed by atoms with Crippen molar-refractivity contribution in [2.45, 2.75) is 25.9 Å². The van der Waals surface area contributed by atoms with Gasteiger partial charge in [-0.15, -0.1) is 15.3 Å². The molecule has 4 rings (SSSR count). The molecule has 0 saturated carbocycles. The molecule has 7 nitrogen and oxygen atoms in total. The maximum absolute atomic E-state index is 12.6. The molecule has 0 radical (unpaired) electrons. The molecule has 0 aliphatic carbocycles. The zero-order valence-corrected chi connectivity index (χ0v) is 13.4. The molecule has 2 aromatic heterocycles. The normalized spacial score (nSPS) is 17.6. The van der Waals surface area contributed by atoms with Gasteiger partial charge in [-0.3, -0.25) is 4.79 Å². The third kappa shape index (κ3) is 2.80. The highest BCUT2D eigenvalue weighted by molar-refractivity contribution is 5.86. The van der Waals surface area contributed by atoms with Crippen molar-refractivity contribution in [3.63, 3.8) is 0 Å². The number of nitrogens with one attached hydrogen (secondary N) is 1. The first kappa shape index (κ1) is 14.6. The molecule has 3 heterocycles. The number of anilines is 1. The van der Waals surface area contributed by atoms with Crippen LogP contribution in [0.3, 0.4) is 0 Å². The summed E-state index contributed by atoms with van der Waals surface area (Å²) in [6.07, 6.45) is 2.31. The Morgan fingerprint density at radius 2 is 2.04 bits per heavy atom. The van der Waals surface area contributed by atoms with E-state index in [1.807, 2.05) is 17.0 Å². The summed E-state index contributed by atoms with van der Waals surface area (Å²) in [5, 5.41) is 15.3. The fraction of sp³-hybridized carbons (Fsp3) is 0.294. The standard InChI is InChI=1S/C17H18N6O/c1-12-2-4-13(5-3-12)10-22-9-8-14(17(22)24)19-15-6-7-16-20-18-11-23(16)21-15/h2-7,11,14H,8-10H2,1H3,(H,19,21)/t14-/m0/s1. The Labute approximate surface area is 139 Å². The summed E-state index contributed by atoms with van der Waals surface area (Å²) in [5.41, 5.74) is 3.06. The van der Waals surface area contributed by atoms with Crippen molar-refractivity contribution in [3.05, 3.63) is 53.9 Å². The molecule has 1 atom stereocenters. The lowest BCUT2D eigenvalue weighted by Gasteiger charge is -2.17. The number of hydrogen-bond acceptors (Lipinski definition) is 5. The Bertz CT molecular complexity index is 872. The first-order valence-corrected chi connectivity index (χ1v) is 7.97. The average molecular weight is 322 g/mol. The number of hydrogen-bond donors (Lipinski definition) is 1. The van der Waals surface area contributed by atoms with Crippen LogP contribution < -0.4 is 5.32 Å². The van der Waals surface area contributed by atoms with Gasteiger partial charge in [0.1, 0.15) is 18.2 Å². The van der Waals surface area contributed by atoms with Gasteiger partial charge in [-0.1, -0.05) is 29.8 Å². The highest BCUT2D eigenvalue weighted by Gasteiger charge is 2.31. The van der Waals surface area contributed by atoms with E-state index in [1.54, 1.807) is 10.8 Å². The van der Waals surface area contributed by atoms with Crippen LogP contribution in [0.1, 0.15) is 17.5 Å². The van der Waals surface area contributed by atoms with Crippen LogP contribution in [0, 0.1) is 6.92 Å². The SMILES string of the molecule is Cc1ccc(CN2CC[C@H](Nc3ccc4nncn4n3)C2=O)cc1. The summed E-state index contributed by atoms with van der Waals surface area (Å²) in [6.45, 7) is 3.46. The molecular formula is C17H18N6O. The molecule has 24 heavy (non-hydrogen) atoms. The number of rotatable bonds is 4. The van der Waals surface area contributed by atoms with Crippen LogP contribution in [-0.2, 0) is 11.3 Å². The van der Waals surface area contributed by atoms with Crippen molar-refractivity contribution in [1.29, 1.82) is 0 Å². The first-order valence-electron chi connectivity index (χ1n) is 7.97. The Balaban J connectivity index is 1.43. The topological polar surface area (TPSA) is 75.4 Å². The number of carbonyl (C=O) groups excluding carboxylic acids is 1. The number of aryl methyl sites for hydroxylation is 1. The van der Waals surface area contributed by atoms with Gasteiger partial charge in [-0.2, -0.15) is 4.52 Å². The summed E-state index contributed by atoms with van der Waals surface area (Å²) in [6, 6.07) is 11.7.